The summed E-state index contributed by atoms with van der Waals surface area (Å²) in [5, 5.41) is 8.38. The Hall–Kier alpha value is -1.76. The van der Waals surface area contributed by atoms with Crippen LogP contribution in [0.5, 0.6) is 0 Å². The zero-order valence-electron chi connectivity index (χ0n) is 5.90. The summed E-state index contributed by atoms with van der Waals surface area (Å²) in [7, 11) is 0. The SMILES string of the molecule is Cc1nc(C#N)cnc1C=O. The predicted molar refractivity (Wildman–Crippen MR) is 36.9 cm³/mol. The van der Waals surface area contributed by atoms with Crippen molar-refractivity contribution in [3.05, 3.63) is 23.3 Å². The van der Waals surface area contributed by atoms with Crippen molar-refractivity contribution in [2.45, 2.75) is 6.92 Å². The highest BCUT2D eigenvalue weighted by molar-refractivity contribution is 5.73. The molecule has 0 aliphatic rings. The zero-order valence-corrected chi connectivity index (χ0v) is 5.90. The van der Waals surface area contributed by atoms with Crippen molar-refractivity contribution in [2.75, 3.05) is 0 Å². The van der Waals surface area contributed by atoms with E-state index in [9.17, 15) is 4.79 Å². The monoisotopic (exact) mass is 147 g/mol. The van der Waals surface area contributed by atoms with Crippen LogP contribution in [0.1, 0.15) is 21.9 Å². The van der Waals surface area contributed by atoms with E-state index in [1.165, 1.54) is 6.20 Å². The maximum atomic E-state index is 10.2. The summed E-state index contributed by atoms with van der Waals surface area (Å²) in [5.74, 6) is 0. The van der Waals surface area contributed by atoms with Crippen LogP contribution >= 0.6 is 0 Å². The summed E-state index contributed by atoms with van der Waals surface area (Å²) in [6.07, 6.45) is 1.89. The maximum Gasteiger partial charge on any atom is 0.170 e. The van der Waals surface area contributed by atoms with Crippen molar-refractivity contribution in [2.24, 2.45) is 0 Å². The minimum atomic E-state index is 0.230. The van der Waals surface area contributed by atoms with Gasteiger partial charge in [-0.05, 0) is 6.92 Å². The van der Waals surface area contributed by atoms with E-state index in [1.54, 1.807) is 6.92 Å². The number of aldehydes is 1. The molecule has 11 heavy (non-hydrogen) atoms. The third-order valence-electron chi connectivity index (χ3n) is 1.21. The molecular formula is C7H5N3O. The first-order valence-corrected chi connectivity index (χ1v) is 2.97. The minimum Gasteiger partial charge on any atom is -0.296 e. The molecule has 0 spiro atoms. The Morgan fingerprint density at radius 1 is 1.73 bits per heavy atom. The molecule has 0 aliphatic carbocycles. The van der Waals surface area contributed by atoms with Gasteiger partial charge >= 0.3 is 0 Å². The van der Waals surface area contributed by atoms with Gasteiger partial charge in [0.15, 0.2) is 12.0 Å². The van der Waals surface area contributed by atoms with Gasteiger partial charge in [0.2, 0.25) is 0 Å². The van der Waals surface area contributed by atoms with Crippen LogP contribution in [0.15, 0.2) is 6.20 Å². The van der Waals surface area contributed by atoms with Gasteiger partial charge in [-0.2, -0.15) is 5.26 Å². The van der Waals surface area contributed by atoms with E-state index in [1.807, 2.05) is 6.07 Å². The molecule has 0 saturated carbocycles. The fraction of sp³-hybridized carbons (Fsp3) is 0.143. The molecule has 0 aliphatic heterocycles. The Kier molecular flexibility index (Phi) is 1.93. The lowest BCUT2D eigenvalue weighted by molar-refractivity contribution is 0.111. The van der Waals surface area contributed by atoms with Crippen LogP contribution in [0.2, 0.25) is 0 Å². The fourth-order valence-electron chi connectivity index (χ4n) is 0.660. The first kappa shape index (κ1) is 7.35. The summed E-state index contributed by atoms with van der Waals surface area (Å²) in [5.41, 5.74) is 0.996. The maximum absolute atomic E-state index is 10.2. The molecule has 1 aromatic heterocycles. The summed E-state index contributed by atoms with van der Waals surface area (Å²) in [6.45, 7) is 1.64. The second-order valence-electron chi connectivity index (χ2n) is 1.96. The van der Waals surface area contributed by atoms with Crippen molar-refractivity contribution in [3.8, 4) is 6.07 Å². The lowest BCUT2D eigenvalue weighted by Crippen LogP contribution is -1.96. The summed E-state index contributed by atoms with van der Waals surface area (Å²) in [6, 6.07) is 1.83. The number of aromatic nitrogens is 2. The summed E-state index contributed by atoms with van der Waals surface area (Å²) < 4.78 is 0. The first-order valence-electron chi connectivity index (χ1n) is 2.97. The van der Waals surface area contributed by atoms with Crippen molar-refractivity contribution < 1.29 is 4.79 Å². The van der Waals surface area contributed by atoms with E-state index >= 15 is 0 Å². The van der Waals surface area contributed by atoms with Gasteiger partial charge in [-0.1, -0.05) is 0 Å². The predicted octanol–water partition coefficient (Wildman–Crippen LogP) is 0.469. The summed E-state index contributed by atoms with van der Waals surface area (Å²) in [4.78, 5) is 17.8. The largest absolute Gasteiger partial charge is 0.296 e. The minimum absolute atomic E-state index is 0.230. The lowest BCUT2D eigenvalue weighted by atomic mass is 10.3. The molecule has 1 heterocycles. The van der Waals surface area contributed by atoms with Gasteiger partial charge in [0.05, 0.1) is 11.9 Å². The number of nitriles is 1. The van der Waals surface area contributed by atoms with Crippen molar-refractivity contribution in [3.63, 3.8) is 0 Å². The number of carbonyl (C=O) groups excluding carboxylic acids is 1. The van der Waals surface area contributed by atoms with E-state index < -0.39 is 0 Å². The molecule has 54 valence electrons. The Morgan fingerprint density at radius 3 is 2.91 bits per heavy atom. The van der Waals surface area contributed by atoms with Crippen molar-refractivity contribution in [1.82, 2.24) is 9.97 Å². The Labute approximate surface area is 63.5 Å². The highest BCUT2D eigenvalue weighted by Gasteiger charge is 1.99. The van der Waals surface area contributed by atoms with E-state index in [-0.39, 0.29) is 11.4 Å². The fourth-order valence-corrected chi connectivity index (χ4v) is 0.660. The molecule has 0 fully saturated rings. The molecule has 0 amide bonds. The Balaban J connectivity index is 3.22. The molecule has 0 N–H and O–H groups in total. The molecule has 4 heteroatoms. The van der Waals surface area contributed by atoms with Gasteiger partial charge < -0.3 is 0 Å². The van der Waals surface area contributed by atoms with Crippen LogP contribution in [0.25, 0.3) is 0 Å². The highest BCUT2D eigenvalue weighted by atomic mass is 16.1. The van der Waals surface area contributed by atoms with Gasteiger partial charge in [0, 0.05) is 0 Å². The average molecular weight is 147 g/mol. The molecule has 0 unspecified atom stereocenters. The topological polar surface area (TPSA) is 66.6 Å². The van der Waals surface area contributed by atoms with Crippen LogP contribution in [0.4, 0.5) is 0 Å². The number of hydrogen-bond acceptors (Lipinski definition) is 4. The molecule has 0 bridgehead atoms. The van der Waals surface area contributed by atoms with Gasteiger partial charge in [0.1, 0.15) is 11.8 Å². The second-order valence-corrected chi connectivity index (χ2v) is 1.96. The third kappa shape index (κ3) is 1.38. The zero-order chi connectivity index (χ0) is 8.27. The molecule has 0 radical (unpaired) electrons. The number of rotatable bonds is 1. The first-order chi connectivity index (χ1) is 5.27. The average Bonchev–Trinajstić information content (AvgIpc) is 2.04. The number of aryl methyl sites for hydroxylation is 1. The molecule has 1 rings (SSSR count). The normalized spacial score (nSPS) is 8.73. The van der Waals surface area contributed by atoms with E-state index in [0.29, 0.717) is 12.0 Å². The lowest BCUT2D eigenvalue weighted by Gasteiger charge is -1.94. The molecule has 4 nitrogen and oxygen atoms in total. The van der Waals surface area contributed by atoms with Crippen LogP contribution in [0.3, 0.4) is 0 Å². The third-order valence-corrected chi connectivity index (χ3v) is 1.21. The number of nitrogens with zero attached hydrogens (tertiary/aromatic N) is 3. The molecule has 0 atom stereocenters. The Morgan fingerprint density at radius 2 is 2.45 bits per heavy atom. The highest BCUT2D eigenvalue weighted by Crippen LogP contribution is 1.98. The standard InChI is InChI=1S/C7H5N3O/c1-5-7(4-11)9-3-6(2-8)10-5/h3-4H,1H3. The molecular weight excluding hydrogens is 142 g/mol. The van der Waals surface area contributed by atoms with E-state index in [4.69, 9.17) is 5.26 Å². The second kappa shape index (κ2) is 2.88. The van der Waals surface area contributed by atoms with Crippen LogP contribution in [-0.2, 0) is 0 Å². The van der Waals surface area contributed by atoms with Crippen LogP contribution in [0, 0.1) is 18.3 Å². The van der Waals surface area contributed by atoms with Gasteiger partial charge in [0.25, 0.3) is 0 Å². The van der Waals surface area contributed by atoms with Gasteiger partial charge in [-0.15, -0.1) is 0 Å². The molecule has 0 saturated heterocycles. The molecule has 1 aromatic rings. The van der Waals surface area contributed by atoms with Crippen molar-refractivity contribution >= 4 is 6.29 Å². The van der Waals surface area contributed by atoms with Crippen LogP contribution < -0.4 is 0 Å². The van der Waals surface area contributed by atoms with Crippen molar-refractivity contribution in [1.29, 1.82) is 5.26 Å². The van der Waals surface area contributed by atoms with Gasteiger partial charge in [-0.3, -0.25) is 4.79 Å². The van der Waals surface area contributed by atoms with Gasteiger partial charge in [-0.25, -0.2) is 9.97 Å². The number of carbonyl (C=O) groups is 1. The quantitative estimate of drug-likeness (QED) is 0.541. The van der Waals surface area contributed by atoms with Crippen LogP contribution in [-0.4, -0.2) is 16.3 Å². The smallest absolute Gasteiger partial charge is 0.170 e. The number of hydrogen-bond donors (Lipinski definition) is 0. The molecule has 0 aromatic carbocycles. The van der Waals surface area contributed by atoms with E-state index in [0.717, 1.165) is 0 Å². The Bertz CT molecular complexity index is 327. The summed E-state index contributed by atoms with van der Waals surface area (Å²) >= 11 is 0. The van der Waals surface area contributed by atoms with E-state index in [2.05, 4.69) is 9.97 Å².